The molecule has 0 radical (unpaired) electrons. The molecule has 1 atom stereocenters. The maximum atomic E-state index is 13.6. The predicted octanol–water partition coefficient (Wildman–Crippen LogP) is 4.44. The fourth-order valence-corrected chi connectivity index (χ4v) is 3.56. The van der Waals surface area contributed by atoms with Crippen molar-refractivity contribution in [3.63, 3.8) is 0 Å². The molecule has 142 valence electrons. The summed E-state index contributed by atoms with van der Waals surface area (Å²) in [7, 11) is 0. The Kier molecular flexibility index (Phi) is 5.88. The van der Waals surface area contributed by atoms with E-state index in [1.165, 1.54) is 17.4 Å². The zero-order valence-electron chi connectivity index (χ0n) is 14.2. The van der Waals surface area contributed by atoms with Gasteiger partial charge in [0.05, 0.1) is 17.5 Å². The lowest BCUT2D eigenvalue weighted by atomic mass is 10.1. The first-order valence-corrected chi connectivity index (χ1v) is 9.32. The van der Waals surface area contributed by atoms with Crippen molar-refractivity contribution in [3.8, 4) is 11.3 Å². The fraction of sp³-hybridized carbons (Fsp3) is 0.222. The minimum atomic E-state index is -0.873. The largest absolute Gasteiger partial charge is 0.391 e. The van der Waals surface area contributed by atoms with Crippen molar-refractivity contribution < 1.29 is 18.7 Å². The van der Waals surface area contributed by atoms with Crippen molar-refractivity contribution in [2.24, 2.45) is 0 Å². The summed E-state index contributed by atoms with van der Waals surface area (Å²) in [4.78, 5) is 20.3. The van der Waals surface area contributed by atoms with Crippen LogP contribution in [0.3, 0.4) is 0 Å². The van der Waals surface area contributed by atoms with E-state index >= 15 is 0 Å². The number of hydrogen-bond donors (Lipinski definition) is 3. The Morgan fingerprint density at radius 1 is 1.37 bits per heavy atom. The molecule has 3 rings (SSSR count). The van der Waals surface area contributed by atoms with E-state index in [2.05, 4.69) is 15.3 Å². The number of H-pyrrole nitrogens is 1. The average molecular weight is 412 g/mol. The first kappa shape index (κ1) is 19.5. The normalized spacial score (nSPS) is 12.2. The molecular formula is C18H16ClF2N3O2S. The van der Waals surface area contributed by atoms with Gasteiger partial charge in [-0.05, 0) is 30.7 Å². The Morgan fingerprint density at radius 3 is 2.67 bits per heavy atom. The Balaban J connectivity index is 1.78. The van der Waals surface area contributed by atoms with Crippen LogP contribution in [0, 0.1) is 11.6 Å². The summed E-state index contributed by atoms with van der Waals surface area (Å²) in [6.45, 7) is 1.81. The Morgan fingerprint density at radius 2 is 2.07 bits per heavy atom. The number of aliphatic hydroxyl groups is 1. The SMILES string of the molecule is CCC(NC(=O)c1ccc(-c2cc(F)c(Cl)c(F)c2)[nH]1)c1ncc(CO)s1. The number of benzene rings is 1. The van der Waals surface area contributed by atoms with Crippen molar-refractivity contribution in [3.05, 3.63) is 62.7 Å². The first-order valence-electron chi connectivity index (χ1n) is 8.13. The quantitative estimate of drug-likeness (QED) is 0.524. The first-order chi connectivity index (χ1) is 12.9. The number of rotatable bonds is 6. The molecule has 0 bridgehead atoms. The molecule has 3 N–H and O–H groups in total. The topological polar surface area (TPSA) is 78.0 Å². The summed E-state index contributed by atoms with van der Waals surface area (Å²) in [5.74, 6) is -2.12. The number of hydrogen-bond acceptors (Lipinski definition) is 4. The summed E-state index contributed by atoms with van der Waals surface area (Å²) >= 11 is 6.82. The maximum absolute atomic E-state index is 13.6. The molecule has 3 aromatic rings. The van der Waals surface area contributed by atoms with Gasteiger partial charge in [0.1, 0.15) is 27.4 Å². The molecule has 2 aromatic heterocycles. The van der Waals surface area contributed by atoms with Crippen LogP contribution < -0.4 is 5.32 Å². The molecular weight excluding hydrogens is 396 g/mol. The minimum absolute atomic E-state index is 0.101. The number of thiazole rings is 1. The predicted molar refractivity (Wildman–Crippen MR) is 99.7 cm³/mol. The van der Waals surface area contributed by atoms with Gasteiger partial charge in [0.15, 0.2) is 0 Å². The molecule has 0 fully saturated rings. The van der Waals surface area contributed by atoms with Gasteiger partial charge in [-0.15, -0.1) is 11.3 Å². The monoisotopic (exact) mass is 411 g/mol. The number of nitrogens with zero attached hydrogens (tertiary/aromatic N) is 1. The van der Waals surface area contributed by atoms with Crippen LogP contribution in [0.2, 0.25) is 5.02 Å². The van der Waals surface area contributed by atoms with Crippen LogP contribution in [0.25, 0.3) is 11.3 Å². The van der Waals surface area contributed by atoms with Crippen molar-refractivity contribution >= 4 is 28.8 Å². The summed E-state index contributed by atoms with van der Waals surface area (Å²) in [5, 5.41) is 12.1. The highest BCUT2D eigenvalue weighted by Crippen LogP contribution is 2.27. The van der Waals surface area contributed by atoms with E-state index in [0.717, 1.165) is 12.1 Å². The Bertz CT molecular complexity index is 950. The third-order valence-electron chi connectivity index (χ3n) is 3.96. The van der Waals surface area contributed by atoms with Gasteiger partial charge in [0, 0.05) is 17.5 Å². The molecule has 0 spiro atoms. The van der Waals surface area contributed by atoms with Crippen LogP contribution in [0.5, 0.6) is 0 Å². The molecule has 0 aliphatic carbocycles. The van der Waals surface area contributed by atoms with E-state index in [-0.39, 0.29) is 29.8 Å². The number of halogens is 3. The fourth-order valence-electron chi connectivity index (χ4n) is 2.54. The molecule has 5 nitrogen and oxygen atoms in total. The summed E-state index contributed by atoms with van der Waals surface area (Å²) in [5.41, 5.74) is 0.880. The average Bonchev–Trinajstić information content (AvgIpc) is 3.33. The zero-order chi connectivity index (χ0) is 19.6. The molecule has 0 saturated heterocycles. The molecule has 27 heavy (non-hydrogen) atoms. The number of aromatic nitrogens is 2. The maximum Gasteiger partial charge on any atom is 0.268 e. The third kappa shape index (κ3) is 4.18. The van der Waals surface area contributed by atoms with E-state index in [0.29, 0.717) is 22.0 Å². The van der Waals surface area contributed by atoms with Gasteiger partial charge in [0.2, 0.25) is 0 Å². The molecule has 9 heteroatoms. The molecule has 2 heterocycles. The number of amides is 1. The molecule has 0 aliphatic heterocycles. The number of carbonyl (C=O) groups is 1. The van der Waals surface area contributed by atoms with Crippen molar-refractivity contribution in [2.45, 2.75) is 26.0 Å². The lowest BCUT2D eigenvalue weighted by molar-refractivity contribution is 0.0931. The van der Waals surface area contributed by atoms with E-state index in [9.17, 15) is 13.6 Å². The van der Waals surface area contributed by atoms with Crippen molar-refractivity contribution in [2.75, 3.05) is 0 Å². The van der Waals surface area contributed by atoms with Gasteiger partial charge >= 0.3 is 0 Å². The van der Waals surface area contributed by atoms with Crippen LogP contribution in [-0.2, 0) is 6.61 Å². The molecule has 1 unspecified atom stereocenters. The Labute approximate surface area is 163 Å². The van der Waals surface area contributed by atoms with Crippen LogP contribution in [0.1, 0.15) is 39.8 Å². The van der Waals surface area contributed by atoms with E-state index in [1.54, 1.807) is 12.3 Å². The second-order valence-electron chi connectivity index (χ2n) is 5.80. The lowest BCUT2D eigenvalue weighted by Crippen LogP contribution is -2.28. The van der Waals surface area contributed by atoms with Crippen LogP contribution in [0.15, 0.2) is 30.5 Å². The summed E-state index contributed by atoms with van der Waals surface area (Å²) < 4.78 is 27.3. The number of aromatic amines is 1. The van der Waals surface area contributed by atoms with Gasteiger partial charge in [0.25, 0.3) is 5.91 Å². The van der Waals surface area contributed by atoms with Gasteiger partial charge < -0.3 is 15.4 Å². The van der Waals surface area contributed by atoms with Crippen LogP contribution in [0.4, 0.5) is 8.78 Å². The third-order valence-corrected chi connectivity index (χ3v) is 5.42. The lowest BCUT2D eigenvalue weighted by Gasteiger charge is -2.13. The molecule has 0 aliphatic rings. The van der Waals surface area contributed by atoms with Gasteiger partial charge in [-0.2, -0.15) is 0 Å². The zero-order valence-corrected chi connectivity index (χ0v) is 15.8. The minimum Gasteiger partial charge on any atom is -0.391 e. The van der Waals surface area contributed by atoms with Gasteiger partial charge in [-0.3, -0.25) is 4.79 Å². The molecule has 1 amide bonds. The van der Waals surface area contributed by atoms with E-state index in [1.807, 2.05) is 6.92 Å². The van der Waals surface area contributed by atoms with Gasteiger partial charge in [-0.1, -0.05) is 18.5 Å². The summed E-state index contributed by atoms with van der Waals surface area (Å²) in [6.07, 6.45) is 2.19. The standard InChI is InChI=1S/C18H16ClF2N3O2S/c1-2-13(18-22-7-10(8-25)27-18)24-17(26)15-4-3-14(23-15)9-5-11(20)16(19)12(21)6-9/h3-7,13,23,25H,2,8H2,1H3,(H,24,26). The van der Waals surface area contributed by atoms with Crippen LogP contribution >= 0.6 is 22.9 Å². The van der Waals surface area contributed by atoms with E-state index < -0.39 is 16.7 Å². The smallest absolute Gasteiger partial charge is 0.268 e. The van der Waals surface area contributed by atoms with E-state index in [4.69, 9.17) is 16.7 Å². The highest BCUT2D eigenvalue weighted by atomic mass is 35.5. The number of nitrogens with one attached hydrogen (secondary N) is 2. The second-order valence-corrected chi connectivity index (χ2v) is 7.32. The number of aliphatic hydroxyl groups excluding tert-OH is 1. The molecule has 0 saturated carbocycles. The highest BCUT2D eigenvalue weighted by Gasteiger charge is 2.19. The van der Waals surface area contributed by atoms with Crippen molar-refractivity contribution in [1.29, 1.82) is 0 Å². The van der Waals surface area contributed by atoms with Crippen molar-refractivity contribution in [1.82, 2.24) is 15.3 Å². The highest BCUT2D eigenvalue weighted by molar-refractivity contribution is 7.11. The number of carbonyl (C=O) groups excluding carboxylic acids is 1. The second kappa shape index (κ2) is 8.16. The molecule has 1 aromatic carbocycles. The van der Waals surface area contributed by atoms with Crippen LogP contribution in [-0.4, -0.2) is 21.0 Å². The Hall–Kier alpha value is -2.29. The van der Waals surface area contributed by atoms with Gasteiger partial charge in [-0.25, -0.2) is 13.8 Å². The summed E-state index contributed by atoms with van der Waals surface area (Å²) in [6, 6.07) is 4.98.